The van der Waals surface area contributed by atoms with Gasteiger partial charge in [-0.3, -0.25) is 0 Å². The Labute approximate surface area is 126 Å². The largest absolute Gasteiger partial charge is 0.323 e. The molecule has 21 heavy (non-hydrogen) atoms. The molecule has 0 aliphatic heterocycles. The summed E-state index contributed by atoms with van der Waals surface area (Å²) in [6.07, 6.45) is 0. The summed E-state index contributed by atoms with van der Waals surface area (Å²) in [5.74, 6) is 0. The molecule has 0 saturated heterocycles. The maximum Gasteiger partial charge on any atom is 0.323 e. The molecule has 0 spiro atoms. The Morgan fingerprint density at radius 2 is 1.48 bits per heavy atom. The number of nitrogens with one attached hydrogen (secondary N) is 2. The highest BCUT2D eigenvalue weighted by Crippen LogP contribution is 2.23. The molecule has 0 radical (unpaired) electrons. The van der Waals surface area contributed by atoms with Crippen LogP contribution in [-0.2, 0) is 0 Å². The summed E-state index contributed by atoms with van der Waals surface area (Å²) < 4.78 is 0. The van der Waals surface area contributed by atoms with Gasteiger partial charge in [0.25, 0.3) is 0 Å². The number of aryl methyl sites for hydroxylation is 4. The number of benzene rings is 2. The van der Waals surface area contributed by atoms with Gasteiger partial charge in [0.05, 0.1) is 0 Å². The maximum absolute atomic E-state index is 12.2. The van der Waals surface area contributed by atoms with E-state index in [2.05, 4.69) is 29.7 Å². The van der Waals surface area contributed by atoms with Crippen molar-refractivity contribution in [2.24, 2.45) is 0 Å². The molecule has 2 aromatic carbocycles. The number of hydrogen-bond acceptors (Lipinski definition) is 1. The average molecular weight is 282 g/mol. The van der Waals surface area contributed by atoms with Crippen molar-refractivity contribution >= 4 is 17.4 Å². The third-order valence-corrected chi connectivity index (χ3v) is 3.77. The number of carbonyl (C=O) groups is 1. The van der Waals surface area contributed by atoms with E-state index >= 15 is 0 Å². The number of urea groups is 1. The number of carbonyl (C=O) groups excluding carboxylic acids is 1. The lowest BCUT2D eigenvalue weighted by Gasteiger charge is -2.15. The Kier molecular flexibility index (Phi) is 4.32. The van der Waals surface area contributed by atoms with Gasteiger partial charge in [0.1, 0.15) is 0 Å². The fourth-order valence-corrected chi connectivity index (χ4v) is 2.53. The third kappa shape index (κ3) is 3.43. The highest BCUT2D eigenvalue weighted by atomic mass is 16.2. The minimum absolute atomic E-state index is 0.209. The van der Waals surface area contributed by atoms with E-state index in [0.717, 1.165) is 33.6 Å². The van der Waals surface area contributed by atoms with E-state index < -0.39 is 0 Å². The van der Waals surface area contributed by atoms with Crippen molar-refractivity contribution in [3.8, 4) is 0 Å². The van der Waals surface area contributed by atoms with Crippen LogP contribution in [0.5, 0.6) is 0 Å². The normalized spacial score (nSPS) is 10.3. The molecule has 2 N–H and O–H groups in total. The smallest absolute Gasteiger partial charge is 0.307 e. The van der Waals surface area contributed by atoms with Gasteiger partial charge in [-0.25, -0.2) is 4.79 Å². The van der Waals surface area contributed by atoms with Crippen LogP contribution in [0.3, 0.4) is 0 Å². The summed E-state index contributed by atoms with van der Waals surface area (Å²) in [6, 6.07) is 9.82. The van der Waals surface area contributed by atoms with Crippen LogP contribution in [0.2, 0.25) is 0 Å². The molecular weight excluding hydrogens is 260 g/mol. The molecule has 0 fully saturated rings. The molecule has 2 aromatic rings. The van der Waals surface area contributed by atoms with Crippen molar-refractivity contribution in [1.29, 1.82) is 0 Å². The van der Waals surface area contributed by atoms with E-state index in [9.17, 15) is 4.79 Å². The standard InChI is InChI=1S/C18H22N2O/c1-11-9-13(3)17(14(4)10-11)20-18(21)19-16-8-6-7-12(2)15(16)5/h6-10H,1-5H3,(H2,19,20,21). The number of amides is 2. The number of hydrogen-bond donors (Lipinski definition) is 2. The van der Waals surface area contributed by atoms with E-state index in [1.165, 1.54) is 5.56 Å². The Morgan fingerprint density at radius 3 is 2.10 bits per heavy atom. The number of rotatable bonds is 2. The fraction of sp³-hybridized carbons (Fsp3) is 0.278. The van der Waals surface area contributed by atoms with Gasteiger partial charge in [0, 0.05) is 11.4 Å². The Hall–Kier alpha value is -2.29. The van der Waals surface area contributed by atoms with Crippen LogP contribution in [0.4, 0.5) is 16.2 Å². The molecular formula is C18H22N2O. The molecule has 0 heterocycles. The van der Waals surface area contributed by atoms with E-state index in [1.54, 1.807) is 0 Å². The summed E-state index contributed by atoms with van der Waals surface area (Å²) in [5, 5.41) is 5.87. The highest BCUT2D eigenvalue weighted by Gasteiger charge is 2.09. The van der Waals surface area contributed by atoms with Crippen molar-refractivity contribution in [2.75, 3.05) is 10.6 Å². The Balaban J connectivity index is 2.18. The zero-order valence-electron chi connectivity index (χ0n) is 13.3. The summed E-state index contributed by atoms with van der Waals surface area (Å²) in [7, 11) is 0. The third-order valence-electron chi connectivity index (χ3n) is 3.77. The average Bonchev–Trinajstić information content (AvgIpc) is 2.39. The Morgan fingerprint density at radius 1 is 0.857 bits per heavy atom. The molecule has 0 unspecified atom stereocenters. The first kappa shape index (κ1) is 15.1. The molecule has 0 atom stereocenters. The second kappa shape index (κ2) is 6.00. The summed E-state index contributed by atoms with van der Waals surface area (Å²) in [5.41, 5.74) is 7.32. The molecule has 0 bridgehead atoms. The van der Waals surface area contributed by atoms with Gasteiger partial charge in [-0.15, -0.1) is 0 Å². The summed E-state index contributed by atoms with van der Waals surface area (Å²) in [4.78, 5) is 12.2. The van der Waals surface area contributed by atoms with Gasteiger partial charge in [-0.2, -0.15) is 0 Å². The minimum Gasteiger partial charge on any atom is -0.307 e. The monoisotopic (exact) mass is 282 g/mol. The lowest BCUT2D eigenvalue weighted by Crippen LogP contribution is -2.21. The van der Waals surface area contributed by atoms with Crippen molar-refractivity contribution in [3.63, 3.8) is 0 Å². The Bertz CT molecular complexity index is 667. The van der Waals surface area contributed by atoms with Gasteiger partial charge >= 0.3 is 6.03 Å². The van der Waals surface area contributed by atoms with Crippen LogP contribution in [0, 0.1) is 34.6 Å². The molecule has 3 nitrogen and oxygen atoms in total. The van der Waals surface area contributed by atoms with Gasteiger partial charge in [-0.05, 0) is 62.9 Å². The van der Waals surface area contributed by atoms with Gasteiger partial charge in [-0.1, -0.05) is 29.8 Å². The second-order valence-corrected chi connectivity index (χ2v) is 5.60. The first-order chi connectivity index (χ1) is 9.88. The van der Waals surface area contributed by atoms with Crippen LogP contribution >= 0.6 is 0 Å². The lowest BCUT2D eigenvalue weighted by molar-refractivity contribution is 0.262. The zero-order chi connectivity index (χ0) is 15.6. The second-order valence-electron chi connectivity index (χ2n) is 5.60. The molecule has 0 aliphatic carbocycles. The van der Waals surface area contributed by atoms with Crippen LogP contribution in [-0.4, -0.2) is 6.03 Å². The molecule has 2 rings (SSSR count). The van der Waals surface area contributed by atoms with Crippen LogP contribution in [0.15, 0.2) is 30.3 Å². The predicted molar refractivity (Wildman–Crippen MR) is 89.2 cm³/mol. The van der Waals surface area contributed by atoms with E-state index in [-0.39, 0.29) is 6.03 Å². The summed E-state index contributed by atoms with van der Waals surface area (Å²) in [6.45, 7) is 10.1. The molecule has 2 amide bonds. The molecule has 0 aromatic heterocycles. The van der Waals surface area contributed by atoms with E-state index in [0.29, 0.717) is 0 Å². The van der Waals surface area contributed by atoms with Crippen molar-refractivity contribution in [1.82, 2.24) is 0 Å². The van der Waals surface area contributed by atoms with Gasteiger partial charge in [0.15, 0.2) is 0 Å². The maximum atomic E-state index is 12.2. The quantitative estimate of drug-likeness (QED) is 0.810. The van der Waals surface area contributed by atoms with Crippen molar-refractivity contribution < 1.29 is 4.79 Å². The van der Waals surface area contributed by atoms with E-state index in [1.807, 2.05) is 45.9 Å². The lowest BCUT2D eigenvalue weighted by atomic mass is 10.1. The summed E-state index contributed by atoms with van der Waals surface area (Å²) >= 11 is 0. The molecule has 110 valence electrons. The molecule has 3 heteroatoms. The highest BCUT2D eigenvalue weighted by molar-refractivity contribution is 6.01. The van der Waals surface area contributed by atoms with Crippen LogP contribution in [0.1, 0.15) is 27.8 Å². The number of anilines is 2. The topological polar surface area (TPSA) is 41.1 Å². The first-order valence-corrected chi connectivity index (χ1v) is 7.10. The van der Waals surface area contributed by atoms with Gasteiger partial charge in [0.2, 0.25) is 0 Å². The molecule has 0 saturated carbocycles. The fourth-order valence-electron chi connectivity index (χ4n) is 2.53. The van der Waals surface area contributed by atoms with Gasteiger partial charge < -0.3 is 10.6 Å². The van der Waals surface area contributed by atoms with E-state index in [4.69, 9.17) is 0 Å². The minimum atomic E-state index is -0.209. The van der Waals surface area contributed by atoms with Crippen LogP contribution < -0.4 is 10.6 Å². The molecule has 0 aliphatic rings. The zero-order valence-corrected chi connectivity index (χ0v) is 13.3. The van der Waals surface area contributed by atoms with Crippen molar-refractivity contribution in [3.05, 3.63) is 58.1 Å². The predicted octanol–water partition coefficient (Wildman–Crippen LogP) is 4.87. The van der Waals surface area contributed by atoms with Crippen LogP contribution in [0.25, 0.3) is 0 Å². The SMILES string of the molecule is Cc1cc(C)c(NC(=O)Nc2cccc(C)c2C)c(C)c1. The first-order valence-electron chi connectivity index (χ1n) is 7.10. The van der Waals surface area contributed by atoms with Crippen molar-refractivity contribution in [2.45, 2.75) is 34.6 Å².